The van der Waals surface area contributed by atoms with Crippen LogP contribution < -0.4 is 19.7 Å². The molecular formula is C33H33F3N6O3S. The van der Waals surface area contributed by atoms with Crippen LogP contribution in [0.15, 0.2) is 78.0 Å². The number of nitrogens with one attached hydrogen (secondary N) is 1. The number of methoxy groups -OCH3 is 1. The monoisotopic (exact) mass is 650 g/mol. The van der Waals surface area contributed by atoms with Gasteiger partial charge in [-0.15, -0.1) is 18.3 Å². The van der Waals surface area contributed by atoms with Crippen LogP contribution in [-0.4, -0.2) is 57.8 Å². The van der Waals surface area contributed by atoms with Crippen molar-refractivity contribution in [2.45, 2.75) is 50.9 Å². The molecule has 1 N–H and O–H groups in total. The molecular weight excluding hydrogens is 617 g/mol. The van der Waals surface area contributed by atoms with Crippen molar-refractivity contribution < 1.29 is 27.4 Å². The molecule has 3 aromatic carbocycles. The number of carbonyl (C=O) groups excluding carboxylic acids is 1. The summed E-state index contributed by atoms with van der Waals surface area (Å²) in [4.78, 5) is 24.0. The molecule has 2 atom stereocenters. The Morgan fingerprint density at radius 3 is 2.50 bits per heavy atom. The summed E-state index contributed by atoms with van der Waals surface area (Å²) in [5.41, 5.74) is 4.63. The first kappa shape index (κ1) is 31.5. The van der Waals surface area contributed by atoms with Crippen LogP contribution in [0.3, 0.4) is 0 Å². The van der Waals surface area contributed by atoms with Gasteiger partial charge in [-0.3, -0.25) is 0 Å². The summed E-state index contributed by atoms with van der Waals surface area (Å²) in [5.74, 6) is 2.34. The van der Waals surface area contributed by atoms with Crippen LogP contribution in [0, 0.1) is 0 Å². The molecule has 0 bridgehead atoms. The maximum atomic E-state index is 13.0. The van der Waals surface area contributed by atoms with Crippen LogP contribution >= 0.6 is 11.8 Å². The lowest BCUT2D eigenvalue weighted by Gasteiger charge is -2.32. The molecule has 4 aromatic rings. The quantitative estimate of drug-likeness (QED) is 0.211. The third kappa shape index (κ3) is 7.30. The SMILES string of the molecule is COc1ccc(N2CCCS/C2=N\C(=O)NC2CC2c2ccc(-c3ncn(-c4ccc(OC(F)(F)F)cc4)n3)cc2)c(C(C)C)c1. The van der Waals surface area contributed by atoms with Crippen molar-refractivity contribution >= 4 is 28.6 Å². The van der Waals surface area contributed by atoms with E-state index in [2.05, 4.69) is 49.9 Å². The number of hydrogen-bond donors (Lipinski definition) is 1. The van der Waals surface area contributed by atoms with Crippen molar-refractivity contribution in [2.24, 2.45) is 4.99 Å². The number of carbonyl (C=O) groups is 1. The van der Waals surface area contributed by atoms with Crippen molar-refractivity contribution in [1.29, 1.82) is 0 Å². The summed E-state index contributed by atoms with van der Waals surface area (Å²) in [6.07, 6.45) is -1.43. The molecule has 9 nitrogen and oxygen atoms in total. The summed E-state index contributed by atoms with van der Waals surface area (Å²) in [6.45, 7) is 5.08. The number of benzene rings is 3. The Kier molecular flexibility index (Phi) is 8.94. The first-order chi connectivity index (χ1) is 22.1. The Labute approximate surface area is 268 Å². The molecule has 240 valence electrons. The van der Waals surface area contributed by atoms with Gasteiger partial charge in [-0.25, -0.2) is 14.5 Å². The van der Waals surface area contributed by atoms with Gasteiger partial charge in [0.05, 0.1) is 12.8 Å². The second kappa shape index (κ2) is 13.1. The van der Waals surface area contributed by atoms with Crippen molar-refractivity contribution in [3.63, 3.8) is 0 Å². The second-order valence-corrected chi connectivity index (χ2v) is 12.5. The lowest BCUT2D eigenvalue weighted by molar-refractivity contribution is -0.274. The van der Waals surface area contributed by atoms with E-state index in [-0.39, 0.29) is 29.7 Å². The molecule has 6 rings (SSSR count). The Hall–Kier alpha value is -4.52. The highest BCUT2D eigenvalue weighted by molar-refractivity contribution is 8.14. The van der Waals surface area contributed by atoms with Crippen LogP contribution in [0.1, 0.15) is 49.7 Å². The van der Waals surface area contributed by atoms with Gasteiger partial charge in [0.25, 0.3) is 0 Å². The van der Waals surface area contributed by atoms with E-state index in [0.717, 1.165) is 53.3 Å². The van der Waals surface area contributed by atoms with Crippen LogP contribution in [0.25, 0.3) is 17.1 Å². The molecule has 1 aliphatic heterocycles. The predicted molar refractivity (Wildman–Crippen MR) is 172 cm³/mol. The number of amidine groups is 1. The zero-order valence-electron chi connectivity index (χ0n) is 25.5. The molecule has 2 amide bonds. The number of alkyl halides is 3. The van der Waals surface area contributed by atoms with Crippen LogP contribution in [0.2, 0.25) is 0 Å². The Morgan fingerprint density at radius 1 is 1.07 bits per heavy atom. The Balaban J connectivity index is 1.08. The van der Waals surface area contributed by atoms with Gasteiger partial charge in [0.2, 0.25) is 0 Å². The maximum absolute atomic E-state index is 13.0. The van der Waals surface area contributed by atoms with Crippen LogP contribution in [-0.2, 0) is 0 Å². The zero-order valence-corrected chi connectivity index (χ0v) is 26.3. The molecule has 2 heterocycles. The summed E-state index contributed by atoms with van der Waals surface area (Å²) < 4.78 is 48.2. The smallest absolute Gasteiger partial charge is 0.497 e. The first-order valence-corrected chi connectivity index (χ1v) is 15.9. The minimum atomic E-state index is -4.75. The minimum Gasteiger partial charge on any atom is -0.497 e. The van der Waals surface area contributed by atoms with Gasteiger partial charge >= 0.3 is 12.4 Å². The van der Waals surface area contributed by atoms with E-state index in [1.807, 2.05) is 36.4 Å². The predicted octanol–water partition coefficient (Wildman–Crippen LogP) is 7.53. The average Bonchev–Trinajstić information content (AvgIpc) is 3.61. The number of hydrogen-bond acceptors (Lipinski definition) is 6. The van der Waals surface area contributed by atoms with Crippen molar-refractivity contribution in [2.75, 3.05) is 24.3 Å². The Morgan fingerprint density at radius 2 is 1.80 bits per heavy atom. The van der Waals surface area contributed by atoms with E-state index >= 15 is 0 Å². The molecule has 1 aromatic heterocycles. The number of rotatable bonds is 8. The number of anilines is 1. The third-order valence-electron chi connectivity index (χ3n) is 7.86. The molecule has 13 heteroatoms. The summed E-state index contributed by atoms with van der Waals surface area (Å²) in [5, 5.41) is 8.24. The molecule has 1 aliphatic carbocycles. The fourth-order valence-corrected chi connectivity index (χ4v) is 6.39. The highest BCUT2D eigenvalue weighted by Gasteiger charge is 2.40. The molecule has 1 saturated carbocycles. The van der Waals surface area contributed by atoms with E-state index in [1.165, 1.54) is 35.3 Å². The summed E-state index contributed by atoms with van der Waals surface area (Å²) in [7, 11) is 1.66. The van der Waals surface area contributed by atoms with Crippen molar-refractivity contribution in [3.05, 3.63) is 84.2 Å². The molecule has 1 saturated heterocycles. The van der Waals surface area contributed by atoms with Gasteiger partial charge in [0, 0.05) is 35.5 Å². The molecule has 0 radical (unpaired) electrons. The normalized spacial score (nSPS) is 18.9. The van der Waals surface area contributed by atoms with Gasteiger partial charge in [-0.1, -0.05) is 49.9 Å². The molecule has 2 unspecified atom stereocenters. The fourth-order valence-electron chi connectivity index (χ4n) is 5.44. The second-order valence-electron chi connectivity index (χ2n) is 11.4. The molecule has 46 heavy (non-hydrogen) atoms. The van der Waals surface area contributed by atoms with Crippen LogP contribution in [0.5, 0.6) is 11.5 Å². The van der Waals surface area contributed by atoms with Crippen molar-refractivity contribution in [1.82, 2.24) is 20.1 Å². The lowest BCUT2D eigenvalue weighted by atomic mass is 10.00. The summed E-state index contributed by atoms with van der Waals surface area (Å²) >= 11 is 1.60. The zero-order chi connectivity index (χ0) is 32.4. The van der Waals surface area contributed by atoms with Gasteiger partial charge in [0.1, 0.15) is 17.8 Å². The van der Waals surface area contributed by atoms with E-state index in [4.69, 9.17) is 4.74 Å². The lowest BCUT2D eigenvalue weighted by Crippen LogP contribution is -2.36. The van der Waals surface area contributed by atoms with Gasteiger partial charge in [-0.2, -0.15) is 4.99 Å². The van der Waals surface area contributed by atoms with E-state index < -0.39 is 6.36 Å². The number of halogens is 3. The van der Waals surface area contributed by atoms with E-state index in [0.29, 0.717) is 16.7 Å². The number of ether oxygens (including phenoxy) is 2. The van der Waals surface area contributed by atoms with E-state index in [9.17, 15) is 18.0 Å². The average molecular weight is 651 g/mol. The Bertz CT molecular complexity index is 1720. The van der Waals surface area contributed by atoms with Gasteiger partial charge in [-0.05, 0) is 72.4 Å². The van der Waals surface area contributed by atoms with Gasteiger partial charge < -0.3 is 19.7 Å². The number of amides is 2. The first-order valence-electron chi connectivity index (χ1n) is 14.9. The van der Waals surface area contributed by atoms with Gasteiger partial charge in [0.15, 0.2) is 11.0 Å². The highest BCUT2D eigenvalue weighted by atomic mass is 32.2. The molecule has 2 fully saturated rings. The number of urea groups is 1. The van der Waals surface area contributed by atoms with E-state index in [1.54, 1.807) is 18.9 Å². The van der Waals surface area contributed by atoms with Crippen molar-refractivity contribution in [3.8, 4) is 28.6 Å². The minimum absolute atomic E-state index is 0.00131. The number of aliphatic imine (C=N–C) groups is 1. The fraction of sp³-hybridized carbons (Fsp3) is 0.333. The molecule has 2 aliphatic rings. The third-order valence-corrected chi connectivity index (χ3v) is 8.92. The molecule has 0 spiro atoms. The standard InChI is InChI=1S/C33H33F3N6O3S/c1-20(2)26-17-25(44-3)13-14-29(26)41-15-4-16-46-32(41)39-31(43)38-28-18-27(28)21-5-7-22(8-6-21)30-37-19-42(40-30)23-9-11-24(12-10-23)45-33(34,35)36/h5-14,17,19-20,27-28H,4,15-16,18H2,1-3H3,(H,38,43)/b39-32-. The van der Waals surface area contributed by atoms with Crippen LogP contribution in [0.4, 0.5) is 23.7 Å². The number of aromatic nitrogens is 3. The number of nitrogens with zero attached hydrogens (tertiary/aromatic N) is 5. The largest absolute Gasteiger partial charge is 0.573 e. The summed E-state index contributed by atoms with van der Waals surface area (Å²) in [6, 6.07) is 18.9. The highest BCUT2D eigenvalue weighted by Crippen LogP contribution is 2.41. The maximum Gasteiger partial charge on any atom is 0.573 e. The number of thioether (sulfide) groups is 1. The topological polar surface area (TPSA) is 93.9 Å².